The lowest BCUT2D eigenvalue weighted by atomic mass is 9.93. The van der Waals surface area contributed by atoms with Gasteiger partial charge < -0.3 is 14.0 Å². The van der Waals surface area contributed by atoms with Crippen LogP contribution in [0.1, 0.15) is 35.2 Å². The highest BCUT2D eigenvalue weighted by Crippen LogP contribution is 2.36. The number of hydrogen-bond donors (Lipinski definition) is 0. The molecule has 1 unspecified atom stereocenters. The maximum atomic E-state index is 14.4. The number of carbonyl (C=O) groups is 1. The first-order valence-electron chi connectivity index (χ1n) is 15.3. The summed E-state index contributed by atoms with van der Waals surface area (Å²) in [5, 5.41) is 1.99. The van der Waals surface area contributed by atoms with Crippen molar-refractivity contribution in [3.05, 3.63) is 161 Å². The third-order valence-corrected chi connectivity index (χ3v) is 9.97. The molecule has 7 rings (SSSR count). The van der Waals surface area contributed by atoms with Crippen LogP contribution in [0.25, 0.3) is 22.7 Å². The van der Waals surface area contributed by atoms with Crippen molar-refractivity contribution in [3.8, 4) is 5.75 Å². The summed E-state index contributed by atoms with van der Waals surface area (Å²) in [6, 6.07) is 29.7. The Morgan fingerprint density at radius 1 is 0.958 bits per heavy atom. The average Bonchev–Trinajstić information content (AvgIpc) is 3.62. The molecule has 0 bridgehead atoms. The first kappa shape index (κ1) is 31.7. The number of thiazole rings is 1. The minimum atomic E-state index is -0.778. The molecule has 240 valence electrons. The Morgan fingerprint density at radius 2 is 1.71 bits per heavy atom. The van der Waals surface area contributed by atoms with Gasteiger partial charge in [-0.05, 0) is 54.5 Å². The van der Waals surface area contributed by atoms with E-state index in [-0.39, 0.29) is 12.2 Å². The van der Waals surface area contributed by atoms with Gasteiger partial charge in [-0.2, -0.15) is 0 Å². The zero-order chi connectivity index (χ0) is 33.4. The van der Waals surface area contributed by atoms with Crippen LogP contribution in [-0.4, -0.2) is 28.8 Å². The van der Waals surface area contributed by atoms with E-state index in [1.54, 1.807) is 24.7 Å². The van der Waals surface area contributed by atoms with Crippen molar-refractivity contribution in [2.75, 3.05) is 13.7 Å². The van der Waals surface area contributed by atoms with Crippen LogP contribution in [0.2, 0.25) is 10.0 Å². The molecule has 1 aliphatic heterocycles. The molecule has 0 fully saturated rings. The van der Waals surface area contributed by atoms with E-state index in [2.05, 4.69) is 4.57 Å². The molecule has 1 atom stereocenters. The number of para-hydroxylation sites is 1. The fraction of sp³-hybridized carbons (Fsp3) is 0.132. The molecule has 0 saturated heterocycles. The lowest BCUT2D eigenvalue weighted by molar-refractivity contribution is -0.138. The highest BCUT2D eigenvalue weighted by Gasteiger charge is 2.35. The summed E-state index contributed by atoms with van der Waals surface area (Å²) < 4.78 is 15.2. The number of methoxy groups -OCH3 is 1. The second kappa shape index (κ2) is 13.3. The standard InChI is InChI=1S/C38H29Cl2N3O4S/c1-3-47-37(45)33-34(24-9-5-4-6-10-24)41-38-43(35(33)25-14-16-27(46-2)17-15-25)36(44)32(48-38)20-26-22-42(31-12-8-7-11-28(26)31)21-23-13-18-29(39)30(40)19-23/h4-20,22,35H,3,21H2,1-2H3/b32-20+. The Morgan fingerprint density at radius 3 is 2.44 bits per heavy atom. The second-order valence-corrected chi connectivity index (χ2v) is 13.0. The Kier molecular flexibility index (Phi) is 8.79. The molecule has 4 aromatic carbocycles. The van der Waals surface area contributed by atoms with Crippen LogP contribution in [0.15, 0.2) is 119 Å². The number of halogens is 2. The van der Waals surface area contributed by atoms with Gasteiger partial charge in [0.25, 0.3) is 5.56 Å². The molecule has 7 nitrogen and oxygen atoms in total. The number of aromatic nitrogens is 2. The van der Waals surface area contributed by atoms with Gasteiger partial charge in [-0.15, -0.1) is 0 Å². The van der Waals surface area contributed by atoms with Crippen molar-refractivity contribution in [1.29, 1.82) is 0 Å². The monoisotopic (exact) mass is 693 g/mol. The molecule has 0 amide bonds. The van der Waals surface area contributed by atoms with E-state index in [1.807, 2.05) is 103 Å². The summed E-state index contributed by atoms with van der Waals surface area (Å²) in [7, 11) is 1.59. The number of esters is 1. The fourth-order valence-electron chi connectivity index (χ4n) is 6.04. The molecule has 1 aliphatic rings. The van der Waals surface area contributed by atoms with Crippen LogP contribution in [0.5, 0.6) is 5.75 Å². The molecule has 0 saturated carbocycles. The Balaban J connectivity index is 1.43. The summed E-state index contributed by atoms with van der Waals surface area (Å²) in [5.74, 6) is 0.133. The SMILES string of the molecule is CCOC(=O)C1=C(c2ccccc2)N=c2s/c(=C/c3cn(Cc4ccc(Cl)c(Cl)c4)c4ccccc34)c(=O)n2C1c1ccc(OC)cc1. The van der Waals surface area contributed by atoms with Gasteiger partial charge in [0.15, 0.2) is 4.80 Å². The number of ether oxygens (including phenoxy) is 2. The van der Waals surface area contributed by atoms with Crippen molar-refractivity contribution < 1.29 is 14.3 Å². The van der Waals surface area contributed by atoms with E-state index in [0.29, 0.717) is 42.9 Å². The Hall–Kier alpha value is -4.89. The van der Waals surface area contributed by atoms with Gasteiger partial charge in [0, 0.05) is 34.8 Å². The van der Waals surface area contributed by atoms with E-state index in [1.165, 1.54) is 11.3 Å². The van der Waals surface area contributed by atoms with Crippen molar-refractivity contribution >= 4 is 63.2 Å². The summed E-state index contributed by atoms with van der Waals surface area (Å²) in [6.07, 6.45) is 3.94. The van der Waals surface area contributed by atoms with E-state index in [0.717, 1.165) is 33.2 Å². The van der Waals surface area contributed by atoms with Gasteiger partial charge in [-0.3, -0.25) is 9.36 Å². The van der Waals surface area contributed by atoms with Crippen LogP contribution in [-0.2, 0) is 16.1 Å². The lowest BCUT2D eigenvalue weighted by Gasteiger charge is -2.26. The number of rotatable bonds is 8. The summed E-state index contributed by atoms with van der Waals surface area (Å²) >= 11 is 13.8. The quantitative estimate of drug-likeness (QED) is 0.157. The molecule has 2 aromatic heterocycles. The molecule has 3 heterocycles. The van der Waals surface area contributed by atoms with Crippen LogP contribution >= 0.6 is 34.5 Å². The maximum absolute atomic E-state index is 14.4. The van der Waals surface area contributed by atoms with E-state index in [4.69, 9.17) is 37.7 Å². The largest absolute Gasteiger partial charge is 0.497 e. The van der Waals surface area contributed by atoms with Gasteiger partial charge in [-0.1, -0.05) is 101 Å². The predicted octanol–water partition coefficient (Wildman–Crippen LogP) is 7.25. The van der Waals surface area contributed by atoms with Gasteiger partial charge in [0.2, 0.25) is 0 Å². The highest BCUT2D eigenvalue weighted by atomic mass is 35.5. The third-order valence-electron chi connectivity index (χ3n) is 8.25. The number of fused-ring (bicyclic) bond motifs is 2. The smallest absolute Gasteiger partial charge is 0.338 e. The minimum absolute atomic E-state index is 0.177. The van der Waals surface area contributed by atoms with Crippen LogP contribution in [0, 0.1) is 0 Å². The molecule has 48 heavy (non-hydrogen) atoms. The van der Waals surface area contributed by atoms with E-state index < -0.39 is 12.0 Å². The zero-order valence-electron chi connectivity index (χ0n) is 26.0. The van der Waals surface area contributed by atoms with Gasteiger partial charge in [0.05, 0.1) is 45.6 Å². The van der Waals surface area contributed by atoms with Crippen molar-refractivity contribution in [2.24, 2.45) is 4.99 Å². The number of carbonyl (C=O) groups excluding carboxylic acids is 1. The number of nitrogens with zero attached hydrogens (tertiary/aromatic N) is 3. The van der Waals surface area contributed by atoms with Gasteiger partial charge >= 0.3 is 5.97 Å². The van der Waals surface area contributed by atoms with E-state index >= 15 is 0 Å². The average molecular weight is 695 g/mol. The maximum Gasteiger partial charge on any atom is 0.338 e. The molecular weight excluding hydrogens is 665 g/mol. The zero-order valence-corrected chi connectivity index (χ0v) is 28.4. The Labute approximate surface area is 290 Å². The van der Waals surface area contributed by atoms with Crippen molar-refractivity contribution in [3.63, 3.8) is 0 Å². The number of benzene rings is 4. The molecule has 0 spiro atoms. The van der Waals surface area contributed by atoms with Crippen LogP contribution in [0.4, 0.5) is 0 Å². The predicted molar refractivity (Wildman–Crippen MR) is 192 cm³/mol. The van der Waals surface area contributed by atoms with Gasteiger partial charge in [0.1, 0.15) is 5.75 Å². The van der Waals surface area contributed by atoms with Crippen LogP contribution in [0.3, 0.4) is 0 Å². The highest BCUT2D eigenvalue weighted by molar-refractivity contribution is 7.07. The fourth-order valence-corrected chi connectivity index (χ4v) is 7.35. The molecule has 0 radical (unpaired) electrons. The minimum Gasteiger partial charge on any atom is -0.497 e. The summed E-state index contributed by atoms with van der Waals surface area (Å²) in [6.45, 7) is 2.50. The first-order valence-corrected chi connectivity index (χ1v) is 16.9. The van der Waals surface area contributed by atoms with Crippen LogP contribution < -0.4 is 19.6 Å². The molecule has 6 aromatic rings. The first-order chi connectivity index (χ1) is 23.4. The van der Waals surface area contributed by atoms with Crippen molar-refractivity contribution in [1.82, 2.24) is 9.13 Å². The normalized spacial score (nSPS) is 14.6. The number of hydrogen-bond acceptors (Lipinski definition) is 6. The Bertz CT molecular complexity index is 2390. The summed E-state index contributed by atoms with van der Waals surface area (Å²) in [4.78, 5) is 33.6. The third kappa shape index (κ3) is 5.87. The molecule has 0 aliphatic carbocycles. The van der Waals surface area contributed by atoms with Crippen molar-refractivity contribution in [2.45, 2.75) is 19.5 Å². The van der Waals surface area contributed by atoms with Gasteiger partial charge in [-0.25, -0.2) is 9.79 Å². The molecule has 10 heteroatoms. The second-order valence-electron chi connectivity index (χ2n) is 11.2. The lowest BCUT2D eigenvalue weighted by Crippen LogP contribution is -2.40. The topological polar surface area (TPSA) is 74.8 Å². The summed E-state index contributed by atoms with van der Waals surface area (Å²) in [5.41, 5.74) is 4.88. The molecular formula is C38H29Cl2N3O4S. The molecule has 0 N–H and O–H groups in total. The van der Waals surface area contributed by atoms with E-state index in [9.17, 15) is 9.59 Å².